The average molecular weight is 197 g/mol. The van der Waals surface area contributed by atoms with Crippen molar-refractivity contribution in [1.82, 2.24) is 5.64 Å². The van der Waals surface area contributed by atoms with E-state index in [1.54, 1.807) is 0 Å². The highest BCUT2D eigenvalue weighted by atomic mass is 16.9. The predicted octanol–water partition coefficient (Wildman–Crippen LogP) is -2.85. The zero-order valence-corrected chi connectivity index (χ0v) is 7.09. The highest BCUT2D eigenvalue weighted by Crippen LogP contribution is 1.83. The van der Waals surface area contributed by atoms with Gasteiger partial charge in [0.15, 0.2) is 0 Å². The first-order valence-corrected chi connectivity index (χ1v) is 3.77. The maximum Gasteiger partial charge on any atom is 0.102 e. The molecule has 0 saturated carbocycles. The molecule has 0 bridgehead atoms. The fraction of sp³-hybridized carbons (Fsp3) is 1.00. The molecule has 2 unspecified atom stereocenters. The molecular weight excluding hydrogens is 182 g/mol. The van der Waals surface area contributed by atoms with E-state index in [4.69, 9.17) is 20.4 Å². The molecule has 0 aliphatic rings. The minimum Gasteiger partial charge on any atom is -0.394 e. The van der Waals surface area contributed by atoms with E-state index in [9.17, 15) is 0 Å². The van der Waals surface area contributed by atoms with E-state index in [1.165, 1.54) is 0 Å². The Balaban J connectivity index is 3.08. The first-order valence-electron chi connectivity index (χ1n) is 3.77. The van der Waals surface area contributed by atoms with Crippen LogP contribution in [0.2, 0.25) is 0 Å². The zero-order valence-electron chi connectivity index (χ0n) is 7.09. The van der Waals surface area contributed by atoms with Gasteiger partial charge in [0, 0.05) is 0 Å². The third-order valence-electron chi connectivity index (χ3n) is 1.09. The number of hydrogen-bond donors (Lipinski definition) is 5. The molecule has 0 radical (unpaired) electrons. The maximum atomic E-state index is 8.75. The SMILES string of the molecule is OCC(O)CONOCC(O)CO. The average Bonchev–Trinajstić information content (AvgIpc) is 2.16. The lowest BCUT2D eigenvalue weighted by Crippen LogP contribution is -2.29. The Hall–Kier alpha value is -0.280. The van der Waals surface area contributed by atoms with E-state index in [-0.39, 0.29) is 13.2 Å². The molecule has 0 heterocycles. The van der Waals surface area contributed by atoms with Crippen LogP contribution >= 0.6 is 0 Å². The molecule has 0 fully saturated rings. The summed E-state index contributed by atoms with van der Waals surface area (Å²) in [5.74, 6) is 0. The fourth-order valence-corrected chi connectivity index (χ4v) is 0.408. The second-order valence-electron chi connectivity index (χ2n) is 2.38. The predicted molar refractivity (Wildman–Crippen MR) is 41.2 cm³/mol. The molecule has 7 nitrogen and oxygen atoms in total. The minimum atomic E-state index is -0.973. The summed E-state index contributed by atoms with van der Waals surface area (Å²) in [6.07, 6.45) is -1.95. The number of aliphatic hydroxyl groups excluding tert-OH is 4. The van der Waals surface area contributed by atoms with Crippen LogP contribution in [0, 0.1) is 0 Å². The van der Waals surface area contributed by atoms with Gasteiger partial charge >= 0.3 is 0 Å². The van der Waals surface area contributed by atoms with Crippen LogP contribution < -0.4 is 5.64 Å². The largest absolute Gasteiger partial charge is 0.394 e. The highest BCUT2D eigenvalue weighted by molar-refractivity contribution is 4.47. The second kappa shape index (κ2) is 8.32. The van der Waals surface area contributed by atoms with Gasteiger partial charge in [0.25, 0.3) is 0 Å². The van der Waals surface area contributed by atoms with E-state index in [0.717, 1.165) is 0 Å². The Kier molecular flexibility index (Phi) is 8.14. The molecule has 5 N–H and O–H groups in total. The summed E-state index contributed by atoms with van der Waals surface area (Å²) >= 11 is 0. The van der Waals surface area contributed by atoms with Crippen LogP contribution in [0.4, 0.5) is 0 Å². The van der Waals surface area contributed by atoms with Gasteiger partial charge in [-0.15, -0.1) is 0 Å². The Labute approximate surface area is 75.4 Å². The minimum absolute atomic E-state index is 0.133. The summed E-state index contributed by atoms with van der Waals surface area (Å²) in [4.78, 5) is 9.01. The smallest absolute Gasteiger partial charge is 0.102 e. The summed E-state index contributed by atoms with van der Waals surface area (Å²) < 4.78 is 0. The Morgan fingerprint density at radius 3 is 1.62 bits per heavy atom. The van der Waals surface area contributed by atoms with Crippen LogP contribution in [0.15, 0.2) is 0 Å². The van der Waals surface area contributed by atoms with Crippen molar-refractivity contribution >= 4 is 0 Å². The molecule has 0 saturated heterocycles. The van der Waals surface area contributed by atoms with Gasteiger partial charge in [-0.05, 0) is 0 Å². The molecular formula is C6H15NO6. The molecule has 0 amide bonds. The quantitative estimate of drug-likeness (QED) is 0.210. The summed E-state index contributed by atoms with van der Waals surface area (Å²) in [5.41, 5.74) is 1.97. The van der Waals surface area contributed by atoms with Gasteiger partial charge in [0.1, 0.15) is 12.2 Å². The normalized spacial score (nSPS) is 15.7. The number of hydrogen-bond acceptors (Lipinski definition) is 7. The molecule has 0 rings (SSSR count). The molecule has 0 aliphatic heterocycles. The van der Waals surface area contributed by atoms with Gasteiger partial charge in [-0.3, -0.25) is 9.68 Å². The first kappa shape index (κ1) is 12.7. The Morgan fingerprint density at radius 2 is 1.31 bits per heavy atom. The van der Waals surface area contributed by atoms with Gasteiger partial charge in [-0.1, -0.05) is 5.64 Å². The monoisotopic (exact) mass is 197 g/mol. The van der Waals surface area contributed by atoms with Gasteiger partial charge in [0.05, 0.1) is 26.4 Å². The summed E-state index contributed by atoms with van der Waals surface area (Å²) in [6, 6.07) is 0. The topological polar surface area (TPSA) is 111 Å². The standard InChI is InChI=1S/C6H15NO6/c8-1-5(10)3-12-7-13-4-6(11)2-9/h5-11H,1-4H2. The van der Waals surface area contributed by atoms with Crippen LogP contribution in [0.25, 0.3) is 0 Å². The third-order valence-corrected chi connectivity index (χ3v) is 1.09. The van der Waals surface area contributed by atoms with Gasteiger partial charge in [-0.25, -0.2) is 0 Å². The van der Waals surface area contributed by atoms with Crippen LogP contribution in [0.3, 0.4) is 0 Å². The lowest BCUT2D eigenvalue weighted by atomic mass is 10.4. The van der Waals surface area contributed by atoms with Crippen molar-refractivity contribution in [2.45, 2.75) is 12.2 Å². The van der Waals surface area contributed by atoms with Crippen molar-refractivity contribution in [3.8, 4) is 0 Å². The lowest BCUT2D eigenvalue weighted by molar-refractivity contribution is -0.199. The zero-order chi connectivity index (χ0) is 10.1. The molecule has 2 atom stereocenters. The molecule has 80 valence electrons. The number of rotatable bonds is 8. The van der Waals surface area contributed by atoms with Crippen LogP contribution in [0.1, 0.15) is 0 Å². The summed E-state index contributed by atoms with van der Waals surface area (Å²) in [6.45, 7) is -1.07. The summed E-state index contributed by atoms with van der Waals surface area (Å²) in [7, 11) is 0. The van der Waals surface area contributed by atoms with E-state index >= 15 is 0 Å². The molecule has 13 heavy (non-hydrogen) atoms. The Bertz CT molecular complexity index is 101. The van der Waals surface area contributed by atoms with Crippen molar-refractivity contribution in [3.63, 3.8) is 0 Å². The molecule has 0 aliphatic carbocycles. The van der Waals surface area contributed by atoms with E-state index in [2.05, 4.69) is 9.68 Å². The van der Waals surface area contributed by atoms with Crippen LogP contribution in [-0.4, -0.2) is 59.1 Å². The van der Waals surface area contributed by atoms with Crippen LogP contribution in [0.5, 0.6) is 0 Å². The first-order chi connectivity index (χ1) is 6.20. The second-order valence-corrected chi connectivity index (χ2v) is 2.38. The van der Waals surface area contributed by atoms with Crippen molar-refractivity contribution in [1.29, 1.82) is 0 Å². The number of aliphatic hydroxyl groups is 4. The van der Waals surface area contributed by atoms with Gasteiger partial charge in [-0.2, -0.15) is 0 Å². The molecule has 0 aromatic heterocycles. The fourth-order valence-electron chi connectivity index (χ4n) is 0.408. The third kappa shape index (κ3) is 8.06. The van der Waals surface area contributed by atoms with Crippen molar-refractivity contribution in [3.05, 3.63) is 0 Å². The van der Waals surface area contributed by atoms with Crippen molar-refractivity contribution < 1.29 is 30.1 Å². The maximum absolute atomic E-state index is 8.75. The van der Waals surface area contributed by atoms with Crippen LogP contribution in [-0.2, 0) is 9.68 Å². The Morgan fingerprint density at radius 1 is 0.923 bits per heavy atom. The molecule has 0 spiro atoms. The molecule has 0 aromatic rings. The highest BCUT2D eigenvalue weighted by Gasteiger charge is 2.03. The van der Waals surface area contributed by atoms with Gasteiger partial charge in [0.2, 0.25) is 0 Å². The van der Waals surface area contributed by atoms with E-state index in [1.807, 2.05) is 5.64 Å². The number of nitrogens with one attached hydrogen (secondary N) is 1. The lowest BCUT2D eigenvalue weighted by Gasteiger charge is -2.10. The van der Waals surface area contributed by atoms with E-state index < -0.39 is 25.4 Å². The van der Waals surface area contributed by atoms with Crippen molar-refractivity contribution in [2.24, 2.45) is 0 Å². The summed E-state index contributed by atoms with van der Waals surface area (Å²) in [5, 5.41) is 34.2. The molecule has 0 aromatic carbocycles. The van der Waals surface area contributed by atoms with Crippen molar-refractivity contribution in [2.75, 3.05) is 26.4 Å². The molecule has 7 heteroatoms. The van der Waals surface area contributed by atoms with E-state index in [0.29, 0.717) is 0 Å². The van der Waals surface area contributed by atoms with Gasteiger partial charge < -0.3 is 20.4 Å².